The van der Waals surface area contributed by atoms with Crippen LogP contribution in [0.25, 0.3) is 0 Å². The maximum absolute atomic E-state index is 12.7. The zero-order valence-electron chi connectivity index (χ0n) is 70.6. The van der Waals surface area contributed by atoms with Crippen LogP contribution in [0, 0.1) is 0 Å². The number of carboxylic acid groups (broad SMARTS) is 7. The summed E-state index contributed by atoms with van der Waals surface area (Å²) in [6.07, 6.45) is -0.658. The zero-order valence-corrected chi connectivity index (χ0v) is 70.6. The lowest BCUT2D eigenvalue weighted by molar-refractivity contribution is -0.317. The molecule has 6 aliphatic carbocycles. The Morgan fingerprint density at radius 1 is 0.257 bits per heavy atom. The predicted octanol–water partition coefficient (Wildman–Crippen LogP) is 8.20. The third kappa shape index (κ3) is 21.4. The summed E-state index contributed by atoms with van der Waals surface area (Å²) in [4.78, 5) is 227. The molecule has 2 N–H and O–H groups in total. The van der Waals surface area contributed by atoms with E-state index < -0.39 is 89.2 Å². The summed E-state index contributed by atoms with van der Waals surface area (Å²) in [6, 6.07) is 63.5. The van der Waals surface area contributed by atoms with E-state index in [-0.39, 0.29) is 196 Å². The Morgan fingerprint density at radius 3 is 0.700 bits per heavy atom. The van der Waals surface area contributed by atoms with Crippen LogP contribution >= 0.6 is 0 Å². The van der Waals surface area contributed by atoms with Crippen molar-refractivity contribution in [1.82, 2.24) is 0 Å². The largest absolute Gasteiger partial charge is 0.550 e. The zero-order chi connectivity index (χ0) is 96.3. The van der Waals surface area contributed by atoms with E-state index in [0.29, 0.717) is 112 Å². The molecule has 0 amide bonds. The van der Waals surface area contributed by atoms with Gasteiger partial charge in [0, 0.05) is 200 Å². The first-order chi connectivity index (χ1) is 63.3. The van der Waals surface area contributed by atoms with Gasteiger partial charge in [-0.25, -0.2) is 0 Å². The molecule has 0 saturated carbocycles. The average Bonchev–Trinajstić information content (AvgIpc) is 0.757. The summed E-state index contributed by atoms with van der Waals surface area (Å²) in [7, 11) is 0. The molecule has 28 nitrogen and oxygen atoms in total. The average molecular weight is 1890 g/mol. The molecule has 12 aromatic rings. The number of carbonyl (C=O) groups excluding carboxylic acids is 19. The monoisotopic (exact) mass is 1890 g/mol. The number of benzene rings is 12. The molecule has 0 spiro atoms. The van der Waals surface area contributed by atoms with Crippen molar-refractivity contribution < 1.29 is 137 Å². The number of rotatable bonds is 17. The van der Waals surface area contributed by atoms with E-state index in [1.807, 2.05) is 0 Å². The first kappa shape index (κ1) is 112. The highest BCUT2D eigenvalue weighted by Crippen LogP contribution is 2.38. The minimum absolute atomic E-state index is 0. The number of aliphatic hydroxyl groups excluding tert-OH is 2. The van der Waals surface area contributed by atoms with Gasteiger partial charge in [0.15, 0.2) is 69.4 Å². The van der Waals surface area contributed by atoms with E-state index in [2.05, 4.69) is 0 Å². The van der Waals surface area contributed by atoms with Gasteiger partial charge in [-0.3, -0.25) is 57.5 Å². The normalized spacial score (nSPS) is 12.8. The lowest BCUT2D eigenvalue weighted by atomic mass is 9.77. The van der Waals surface area contributed by atoms with E-state index in [4.69, 9.17) is 0 Å². The quantitative estimate of drug-likeness (QED) is 0.0866. The van der Waals surface area contributed by atoms with Crippen molar-refractivity contribution >= 4 is 111 Å². The lowest BCUT2D eigenvalue weighted by Gasteiger charge is -2.32. The van der Waals surface area contributed by atoms with Gasteiger partial charge in [0.05, 0.1) is 30.6 Å². The first-order valence-electron chi connectivity index (χ1n) is 40.9. The Hall–Kier alpha value is -17.1. The predicted molar refractivity (Wildman–Crippen MR) is 502 cm³/mol. The van der Waals surface area contributed by atoms with E-state index in [1.165, 1.54) is 136 Å². The van der Waals surface area contributed by atoms with Gasteiger partial charge < -0.3 is 79.5 Å². The minimum Gasteiger partial charge on any atom is -0.550 e. The van der Waals surface area contributed by atoms with E-state index >= 15 is 0 Å². The van der Waals surface area contributed by atoms with Crippen LogP contribution in [0.4, 0.5) is 0 Å². The molecule has 2 unspecified atom stereocenters. The molecule has 0 radical (unpaired) electrons. The van der Waals surface area contributed by atoms with Crippen LogP contribution in [0.1, 0.15) is 328 Å². The lowest BCUT2D eigenvalue weighted by Crippen LogP contribution is -2.51. The number of fused-ring (bicyclic) bond motifs is 12. The van der Waals surface area contributed by atoms with E-state index in [1.54, 1.807) is 140 Å². The Kier molecular flexibility index (Phi) is 36.3. The fourth-order valence-electron chi connectivity index (χ4n) is 16.1. The van der Waals surface area contributed by atoms with Gasteiger partial charge in [-0.15, -0.1) is 0 Å². The van der Waals surface area contributed by atoms with Crippen molar-refractivity contribution in [3.63, 3.8) is 0 Å². The SMILES string of the molecule is C.C.C.C.C.C.C.CC(C(=O)[O-])c1ccc2c(c1)C(=O)c1ccccc1C2=O.CC(C)(C(=O)[O-])c1ccc2c(c1)C(=O)c1ccccc1C2=O.CCC(C(=O)[O-])c1ccc2c(c1)C(=O)c1ccccc1C2=O.O=C([O-])Cc1ccc2c(c1)C(=O)c1cc(CC(=O)[O-])ccc1C2=O.O=C([O-])Cc1ccc2c(c1)C(=O)c1ccccc1C2=O.O=C1c2ccccc2C(=O)c2cc(C(CO)(CO)C(=O)[O-])ccc21. The third-order valence-corrected chi connectivity index (χ3v) is 23.6. The molecule has 0 aliphatic heterocycles. The molecule has 0 fully saturated rings. The maximum Gasteiger partial charge on any atom is 0.194 e. The fourth-order valence-corrected chi connectivity index (χ4v) is 16.1. The van der Waals surface area contributed by atoms with Gasteiger partial charge >= 0.3 is 0 Å². The van der Waals surface area contributed by atoms with Crippen LogP contribution in [-0.4, -0.2) is 135 Å². The second kappa shape index (κ2) is 45.5. The van der Waals surface area contributed by atoms with E-state index in [9.17, 15) is 137 Å². The van der Waals surface area contributed by atoms with Crippen molar-refractivity contribution in [2.24, 2.45) is 0 Å². The molecule has 720 valence electrons. The number of ketones is 12. The van der Waals surface area contributed by atoms with Crippen molar-refractivity contribution in [3.05, 3.63) is 421 Å². The van der Waals surface area contributed by atoms with E-state index in [0.717, 1.165) is 0 Å². The number of hydrogen-bond donors (Lipinski definition) is 2. The molecule has 12 aromatic carbocycles. The van der Waals surface area contributed by atoms with Gasteiger partial charge in [-0.05, 0) is 112 Å². The second-order valence-electron chi connectivity index (χ2n) is 32.0. The molecule has 0 bridgehead atoms. The molecule has 0 aromatic heterocycles. The fraction of sp³-hybridized carbons (Fsp3) is 0.188. The highest BCUT2D eigenvalue weighted by molar-refractivity contribution is 6.33. The molecule has 28 heteroatoms. The first-order valence-corrected chi connectivity index (χ1v) is 40.9. The van der Waals surface area contributed by atoms with Crippen LogP contribution < -0.4 is 35.7 Å². The molecule has 2 atom stereocenters. The van der Waals surface area contributed by atoms with Gasteiger partial charge in [0.2, 0.25) is 0 Å². The van der Waals surface area contributed by atoms with Gasteiger partial charge in [0.1, 0.15) is 0 Å². The summed E-state index contributed by atoms with van der Waals surface area (Å²) in [5, 5.41) is 95.7. The molecule has 0 saturated heterocycles. The Balaban J connectivity index is 0.000000255. The van der Waals surface area contributed by atoms with Gasteiger partial charge in [-0.1, -0.05) is 262 Å². The Morgan fingerprint density at radius 2 is 0.464 bits per heavy atom. The molecular weight excluding hydrogens is 1790 g/mol. The van der Waals surface area contributed by atoms with Crippen molar-refractivity contribution in [1.29, 1.82) is 0 Å². The van der Waals surface area contributed by atoms with Gasteiger partial charge in [-0.2, -0.15) is 0 Å². The number of aliphatic hydroxyl groups is 2. The van der Waals surface area contributed by atoms with Crippen LogP contribution in [0.5, 0.6) is 0 Å². The molecular formula is C112H97O28-7. The standard InChI is InChI=1S/C18H12O6.C18H14O6.2C18H14O4.C17H12O4.C16H10O4.7CH4/c19-15(20)7-9-1-3-11-13(5-9)18(24)14-6-10(8-16(21)22)2-4-12(14)17(11)23;19-8-18(9-20,17(23)24)10-5-6-13-14(7-10)16(22)12-4-2-1-3-11(12)15(13)21;1-18(2,17(21)22)10-7-8-13-14(9-10)16(20)12-6-4-3-5-11(12)15(13)19;1-2-11(18(21)22)10-7-8-14-15(9-10)17(20)13-6-4-3-5-12(13)16(14)19;1-9(17(20)21)10-6-7-13-14(8-10)16(19)12-5-3-2-4-11(12)15(13)18;17-14(18)8-9-5-6-12-13(7-9)16(20)11-4-2-1-3-10(11)15(12)19;;;;;;;/h1-6H,7-8H2,(H,19,20)(H,21,22);1-7,19-20H,8-9H2,(H,23,24);3-9H,1-2H3,(H,21,22);3-9,11H,2H2,1H3,(H,21,22);2-9H,1H3,(H,20,21);1-7H,8H2,(H,17,18);7*1H4/p-7. The van der Waals surface area contributed by atoms with Crippen molar-refractivity contribution in [2.45, 2.75) is 128 Å². The summed E-state index contributed by atoms with van der Waals surface area (Å²) in [6.45, 7) is 4.44. The molecule has 18 rings (SSSR count). The number of hydrogen-bond acceptors (Lipinski definition) is 28. The molecule has 140 heavy (non-hydrogen) atoms. The number of carbonyl (C=O) groups is 19. The number of carboxylic acids is 7. The minimum atomic E-state index is -2.05. The number of aliphatic carboxylic acids is 7. The van der Waals surface area contributed by atoms with Crippen molar-refractivity contribution in [3.8, 4) is 0 Å². The van der Waals surface area contributed by atoms with Crippen LogP contribution in [-0.2, 0) is 63.7 Å². The summed E-state index contributed by atoms with van der Waals surface area (Å²) >= 11 is 0. The van der Waals surface area contributed by atoms with Crippen LogP contribution in [0.2, 0.25) is 0 Å². The second-order valence-corrected chi connectivity index (χ2v) is 32.0. The van der Waals surface area contributed by atoms with Gasteiger partial charge in [0.25, 0.3) is 0 Å². The summed E-state index contributed by atoms with van der Waals surface area (Å²) in [5.74, 6) is -14.2. The van der Waals surface area contributed by atoms with Crippen molar-refractivity contribution in [2.75, 3.05) is 13.2 Å². The smallest absolute Gasteiger partial charge is 0.194 e. The summed E-state index contributed by atoms with van der Waals surface area (Å²) < 4.78 is 0. The topological polar surface area (TPSA) is 526 Å². The third-order valence-electron chi connectivity index (χ3n) is 23.6. The van der Waals surface area contributed by atoms with Crippen LogP contribution in [0.3, 0.4) is 0 Å². The summed E-state index contributed by atoms with van der Waals surface area (Å²) in [5.41, 5.74) is 5.83. The molecule has 0 heterocycles. The molecule has 6 aliphatic rings. The Labute approximate surface area is 806 Å². The highest BCUT2D eigenvalue weighted by atomic mass is 16.4. The van der Waals surface area contributed by atoms with Crippen LogP contribution in [0.15, 0.2) is 249 Å². The maximum atomic E-state index is 12.7. The highest BCUT2D eigenvalue weighted by Gasteiger charge is 2.40. The Bertz CT molecular complexity index is 7060.